The summed E-state index contributed by atoms with van der Waals surface area (Å²) in [5.41, 5.74) is 3.96. The summed E-state index contributed by atoms with van der Waals surface area (Å²) in [4.78, 5) is 13.7. The maximum Gasteiger partial charge on any atom is 0.224 e. The number of ether oxygens (including phenoxy) is 1. The van der Waals surface area contributed by atoms with Crippen molar-refractivity contribution in [1.82, 2.24) is 0 Å². The zero-order valence-electron chi connectivity index (χ0n) is 11.6. The van der Waals surface area contributed by atoms with Crippen LogP contribution in [0.15, 0.2) is 24.3 Å². The first kappa shape index (κ1) is 13.7. The number of allylic oxidation sites excluding steroid dienone is 1. The smallest absolute Gasteiger partial charge is 0.224 e. The minimum Gasteiger partial charge on any atom is -0.454 e. The number of nitrogens with zero attached hydrogens (tertiary/aromatic N) is 1. The lowest BCUT2D eigenvalue weighted by Gasteiger charge is -2.41. The second kappa shape index (κ2) is 4.78. The van der Waals surface area contributed by atoms with Gasteiger partial charge in [-0.25, -0.2) is 0 Å². The lowest BCUT2D eigenvalue weighted by molar-refractivity contribution is -0.117. The number of rotatable bonds is 2. The Kier molecular flexibility index (Phi) is 3.45. The molecule has 2 rings (SSSR count). The number of hydrogen-bond donors (Lipinski definition) is 0. The molecule has 0 saturated heterocycles. The van der Waals surface area contributed by atoms with Gasteiger partial charge in [0.2, 0.25) is 5.91 Å². The van der Waals surface area contributed by atoms with E-state index in [1.54, 1.807) is 11.8 Å². The molecule has 0 bridgehead atoms. The maximum atomic E-state index is 11.9. The number of fused-ring (bicyclic) bond motifs is 1. The topological polar surface area (TPSA) is 29.5 Å². The van der Waals surface area contributed by atoms with Crippen LogP contribution < -0.4 is 9.64 Å². The monoisotopic (exact) mass is 275 g/mol. The van der Waals surface area contributed by atoms with Crippen molar-refractivity contribution < 1.29 is 9.53 Å². The Morgan fingerprint density at radius 3 is 2.68 bits per heavy atom. The molecule has 0 saturated carbocycles. The number of carbonyl (C=O) groups is 1. The molecule has 3 nitrogen and oxygen atoms in total. The number of hydrogen-bond acceptors (Lipinski definition) is 3. The summed E-state index contributed by atoms with van der Waals surface area (Å²) in [5, 5.41) is 0. The van der Waals surface area contributed by atoms with E-state index in [1.807, 2.05) is 39.0 Å². The van der Waals surface area contributed by atoms with Crippen LogP contribution in [-0.4, -0.2) is 17.0 Å². The van der Waals surface area contributed by atoms with Crippen LogP contribution in [0.2, 0.25) is 0 Å². The molecule has 1 amide bonds. The second-order valence-corrected chi connectivity index (χ2v) is 5.42. The van der Waals surface area contributed by atoms with E-state index < -0.39 is 0 Å². The van der Waals surface area contributed by atoms with Crippen LogP contribution >= 0.6 is 12.2 Å². The molecule has 1 aliphatic heterocycles. The van der Waals surface area contributed by atoms with E-state index >= 15 is 0 Å². The molecule has 0 aromatic heterocycles. The standard InChI is InChI=1S/C15H17NO2S/c1-10-8-15(3,4)16(11(2)17)14-6-5-12(18-9-19)7-13(10)14/h5-9H,1-4H3. The van der Waals surface area contributed by atoms with Gasteiger partial charge < -0.3 is 9.64 Å². The summed E-state index contributed by atoms with van der Waals surface area (Å²) in [7, 11) is 0. The Morgan fingerprint density at radius 2 is 2.11 bits per heavy atom. The van der Waals surface area contributed by atoms with E-state index in [1.165, 1.54) is 5.55 Å². The Labute approximate surface area is 118 Å². The van der Waals surface area contributed by atoms with Crippen molar-refractivity contribution in [2.24, 2.45) is 0 Å². The highest BCUT2D eigenvalue weighted by molar-refractivity contribution is 7.78. The van der Waals surface area contributed by atoms with Gasteiger partial charge in [-0.05, 0) is 56.8 Å². The number of amides is 1. The van der Waals surface area contributed by atoms with Gasteiger partial charge in [0, 0.05) is 12.5 Å². The van der Waals surface area contributed by atoms with Gasteiger partial charge in [0.15, 0.2) is 5.55 Å². The molecule has 0 fully saturated rings. The first-order valence-corrected chi connectivity index (χ1v) is 6.59. The fourth-order valence-electron chi connectivity index (χ4n) is 2.71. The van der Waals surface area contributed by atoms with Crippen LogP contribution in [0.5, 0.6) is 5.75 Å². The van der Waals surface area contributed by atoms with Gasteiger partial charge in [0.1, 0.15) is 5.75 Å². The molecule has 1 aromatic carbocycles. The predicted octanol–water partition coefficient (Wildman–Crippen LogP) is 3.57. The van der Waals surface area contributed by atoms with Crippen LogP contribution in [-0.2, 0) is 4.79 Å². The van der Waals surface area contributed by atoms with Gasteiger partial charge in [0.25, 0.3) is 0 Å². The quantitative estimate of drug-likeness (QED) is 0.773. The third-order valence-electron chi connectivity index (χ3n) is 3.28. The SMILES string of the molecule is CC(=O)N1c2ccc(OC=S)cc2C(C)=CC1(C)C. The third kappa shape index (κ3) is 2.40. The summed E-state index contributed by atoms with van der Waals surface area (Å²) >= 11 is 4.69. The molecule has 0 spiro atoms. The van der Waals surface area contributed by atoms with Crippen molar-refractivity contribution in [3.05, 3.63) is 29.8 Å². The van der Waals surface area contributed by atoms with Gasteiger partial charge in [-0.2, -0.15) is 0 Å². The van der Waals surface area contributed by atoms with Crippen molar-refractivity contribution in [3.8, 4) is 5.75 Å². The Bertz CT molecular complexity index is 576. The van der Waals surface area contributed by atoms with E-state index in [0.29, 0.717) is 5.75 Å². The Balaban J connectivity index is 2.61. The summed E-state index contributed by atoms with van der Waals surface area (Å²) in [6.45, 7) is 7.69. The maximum absolute atomic E-state index is 11.9. The average Bonchev–Trinajstić information content (AvgIpc) is 2.28. The summed E-state index contributed by atoms with van der Waals surface area (Å²) in [6, 6.07) is 5.64. The van der Waals surface area contributed by atoms with Crippen molar-refractivity contribution in [2.45, 2.75) is 33.2 Å². The van der Waals surface area contributed by atoms with Crippen LogP contribution in [0.1, 0.15) is 33.3 Å². The zero-order valence-corrected chi connectivity index (χ0v) is 12.4. The fourth-order valence-corrected chi connectivity index (χ4v) is 2.82. The molecule has 19 heavy (non-hydrogen) atoms. The average molecular weight is 275 g/mol. The van der Waals surface area contributed by atoms with E-state index in [0.717, 1.165) is 16.8 Å². The van der Waals surface area contributed by atoms with Crippen molar-refractivity contribution in [3.63, 3.8) is 0 Å². The molecule has 0 radical (unpaired) electrons. The van der Waals surface area contributed by atoms with Gasteiger partial charge in [0.05, 0.1) is 11.2 Å². The Morgan fingerprint density at radius 1 is 1.42 bits per heavy atom. The lowest BCUT2D eigenvalue weighted by atomic mass is 9.88. The van der Waals surface area contributed by atoms with E-state index in [-0.39, 0.29) is 11.4 Å². The summed E-state index contributed by atoms with van der Waals surface area (Å²) in [6.07, 6.45) is 2.10. The molecular weight excluding hydrogens is 258 g/mol. The number of anilines is 1. The first-order valence-electron chi connectivity index (χ1n) is 6.12. The molecular formula is C15H17NO2S. The minimum atomic E-state index is -0.324. The molecule has 0 unspecified atom stereocenters. The number of thiocarbonyl (C=S) groups is 1. The largest absolute Gasteiger partial charge is 0.454 e. The third-order valence-corrected chi connectivity index (χ3v) is 3.38. The summed E-state index contributed by atoms with van der Waals surface area (Å²) < 4.78 is 5.23. The van der Waals surface area contributed by atoms with E-state index in [9.17, 15) is 4.79 Å². The van der Waals surface area contributed by atoms with Gasteiger partial charge in [-0.1, -0.05) is 6.08 Å². The predicted molar refractivity (Wildman–Crippen MR) is 81.6 cm³/mol. The molecule has 100 valence electrons. The van der Waals surface area contributed by atoms with Gasteiger partial charge in [-0.3, -0.25) is 4.79 Å². The molecule has 0 aliphatic carbocycles. The van der Waals surface area contributed by atoms with E-state index in [2.05, 4.69) is 6.08 Å². The minimum absolute atomic E-state index is 0.0264. The lowest BCUT2D eigenvalue weighted by Crippen LogP contribution is -2.47. The van der Waals surface area contributed by atoms with Crippen molar-refractivity contribution in [1.29, 1.82) is 0 Å². The molecule has 1 heterocycles. The number of carbonyl (C=O) groups excluding carboxylic acids is 1. The highest BCUT2D eigenvalue weighted by atomic mass is 32.1. The normalized spacial score (nSPS) is 16.4. The van der Waals surface area contributed by atoms with Crippen LogP contribution in [0.25, 0.3) is 5.57 Å². The fraction of sp³-hybridized carbons (Fsp3) is 0.333. The summed E-state index contributed by atoms with van der Waals surface area (Å²) in [5.74, 6) is 0.711. The van der Waals surface area contributed by atoms with E-state index in [4.69, 9.17) is 17.0 Å². The van der Waals surface area contributed by atoms with Crippen molar-refractivity contribution in [2.75, 3.05) is 4.90 Å². The van der Waals surface area contributed by atoms with Crippen LogP contribution in [0.3, 0.4) is 0 Å². The Hall–Kier alpha value is -1.68. The van der Waals surface area contributed by atoms with Crippen LogP contribution in [0, 0.1) is 0 Å². The first-order chi connectivity index (χ1) is 8.86. The highest BCUT2D eigenvalue weighted by Crippen LogP contribution is 2.40. The van der Waals surface area contributed by atoms with Crippen LogP contribution in [0.4, 0.5) is 5.69 Å². The number of benzene rings is 1. The molecule has 4 heteroatoms. The zero-order chi connectivity index (χ0) is 14.2. The van der Waals surface area contributed by atoms with Gasteiger partial charge >= 0.3 is 0 Å². The molecule has 0 N–H and O–H groups in total. The van der Waals surface area contributed by atoms with Crippen molar-refractivity contribution >= 4 is 34.9 Å². The highest BCUT2D eigenvalue weighted by Gasteiger charge is 2.34. The molecule has 1 aliphatic rings. The second-order valence-electron chi connectivity index (χ2n) is 5.23. The molecule has 0 atom stereocenters. The molecule has 1 aromatic rings. The van der Waals surface area contributed by atoms with Gasteiger partial charge in [-0.15, -0.1) is 0 Å².